The van der Waals surface area contributed by atoms with Crippen molar-refractivity contribution in [1.29, 1.82) is 0 Å². The minimum atomic E-state index is -0.536. The average Bonchev–Trinajstić information content (AvgIpc) is 3.48. The zero-order valence-corrected chi connectivity index (χ0v) is 19.9. The Morgan fingerprint density at radius 2 is 2.11 bits per heavy atom. The molecule has 0 radical (unpaired) electrons. The third-order valence-electron chi connectivity index (χ3n) is 5.79. The SMILES string of the molecule is CC(C)(C)OC(=O)N1CCC[C@@H](Cc2cc(-n3cncn3)nc(-c3cnc4ccc(F)cn34)n2)C1. The van der Waals surface area contributed by atoms with Crippen molar-refractivity contribution in [2.24, 2.45) is 5.92 Å². The largest absolute Gasteiger partial charge is 0.444 e. The Morgan fingerprint density at radius 1 is 1.26 bits per heavy atom. The number of likely N-dealkylation sites (tertiary alicyclic amines) is 1. The van der Waals surface area contributed by atoms with Gasteiger partial charge in [-0.15, -0.1) is 0 Å². The number of ether oxygens (including phenoxy) is 1. The minimum Gasteiger partial charge on any atom is -0.444 e. The second-order valence-electron chi connectivity index (χ2n) is 9.74. The molecule has 1 aliphatic rings. The van der Waals surface area contributed by atoms with Crippen molar-refractivity contribution in [3.63, 3.8) is 0 Å². The molecule has 0 bridgehead atoms. The molecule has 0 aliphatic carbocycles. The van der Waals surface area contributed by atoms with Gasteiger partial charge in [-0.1, -0.05) is 0 Å². The van der Waals surface area contributed by atoms with E-state index in [-0.39, 0.29) is 17.8 Å². The molecule has 0 unspecified atom stereocenters. The zero-order valence-electron chi connectivity index (χ0n) is 19.9. The predicted octanol–water partition coefficient (Wildman–Crippen LogP) is 3.70. The topological polar surface area (TPSA) is 103 Å². The van der Waals surface area contributed by atoms with E-state index in [4.69, 9.17) is 9.72 Å². The molecule has 35 heavy (non-hydrogen) atoms. The van der Waals surface area contributed by atoms with E-state index in [1.54, 1.807) is 32.6 Å². The summed E-state index contributed by atoms with van der Waals surface area (Å²) in [5, 5.41) is 4.21. The first-order valence-electron chi connectivity index (χ1n) is 11.6. The Morgan fingerprint density at radius 3 is 2.89 bits per heavy atom. The fourth-order valence-corrected chi connectivity index (χ4v) is 4.29. The Kier molecular flexibility index (Phi) is 5.91. The number of hydrogen-bond donors (Lipinski definition) is 0. The molecule has 0 aromatic carbocycles. The number of hydrogen-bond acceptors (Lipinski definition) is 7. The average molecular weight is 479 g/mol. The summed E-state index contributed by atoms with van der Waals surface area (Å²) in [6, 6.07) is 4.84. The third kappa shape index (κ3) is 5.13. The van der Waals surface area contributed by atoms with Crippen molar-refractivity contribution in [3.05, 3.63) is 54.8 Å². The van der Waals surface area contributed by atoms with Gasteiger partial charge in [0.2, 0.25) is 0 Å². The Balaban J connectivity index is 1.45. The molecule has 5 rings (SSSR count). The minimum absolute atomic E-state index is 0.210. The van der Waals surface area contributed by atoms with Gasteiger partial charge in [-0.25, -0.2) is 33.8 Å². The second-order valence-corrected chi connectivity index (χ2v) is 9.74. The predicted molar refractivity (Wildman–Crippen MR) is 125 cm³/mol. The van der Waals surface area contributed by atoms with Gasteiger partial charge in [0.15, 0.2) is 11.6 Å². The molecule has 10 nitrogen and oxygen atoms in total. The van der Waals surface area contributed by atoms with Crippen molar-refractivity contribution in [2.75, 3.05) is 13.1 Å². The summed E-state index contributed by atoms with van der Waals surface area (Å²) in [6.07, 6.45) is 8.21. The number of fused-ring (bicyclic) bond motifs is 1. The molecule has 0 saturated carbocycles. The van der Waals surface area contributed by atoms with Crippen LogP contribution in [0.5, 0.6) is 0 Å². The Hall–Kier alpha value is -3.89. The number of nitrogens with zero attached hydrogens (tertiary/aromatic N) is 8. The van der Waals surface area contributed by atoms with Crippen molar-refractivity contribution in [3.8, 4) is 17.3 Å². The summed E-state index contributed by atoms with van der Waals surface area (Å²) in [5.41, 5.74) is 1.42. The van der Waals surface area contributed by atoms with Crippen LogP contribution in [0.1, 0.15) is 39.3 Å². The number of amides is 1. The molecule has 0 N–H and O–H groups in total. The van der Waals surface area contributed by atoms with Crippen LogP contribution in [0, 0.1) is 11.7 Å². The fourth-order valence-electron chi connectivity index (χ4n) is 4.29. The molecule has 182 valence electrons. The molecule has 11 heteroatoms. The normalized spacial score (nSPS) is 16.6. The highest BCUT2D eigenvalue weighted by Gasteiger charge is 2.28. The van der Waals surface area contributed by atoms with Crippen LogP contribution in [0.15, 0.2) is 43.2 Å². The Labute approximate surface area is 201 Å². The fraction of sp³-hybridized carbons (Fsp3) is 0.417. The molecule has 5 heterocycles. The lowest BCUT2D eigenvalue weighted by molar-refractivity contribution is 0.0165. The van der Waals surface area contributed by atoms with Crippen LogP contribution in [0.25, 0.3) is 23.0 Å². The lowest BCUT2D eigenvalue weighted by Gasteiger charge is -2.34. The molecular formula is C24H27FN8O2. The summed E-state index contributed by atoms with van der Waals surface area (Å²) >= 11 is 0. The molecule has 1 aliphatic heterocycles. The van der Waals surface area contributed by atoms with E-state index < -0.39 is 5.60 Å². The van der Waals surface area contributed by atoms with Crippen LogP contribution in [0.2, 0.25) is 0 Å². The van der Waals surface area contributed by atoms with E-state index in [0.717, 1.165) is 18.5 Å². The zero-order chi connectivity index (χ0) is 24.6. The van der Waals surface area contributed by atoms with Gasteiger partial charge in [-0.2, -0.15) is 5.10 Å². The summed E-state index contributed by atoms with van der Waals surface area (Å²) in [4.78, 5) is 32.2. The van der Waals surface area contributed by atoms with Gasteiger partial charge in [0.25, 0.3) is 0 Å². The van der Waals surface area contributed by atoms with Crippen molar-refractivity contribution >= 4 is 11.7 Å². The number of piperidine rings is 1. The van der Waals surface area contributed by atoms with E-state index in [2.05, 4.69) is 20.1 Å². The number of pyridine rings is 1. The highest BCUT2D eigenvalue weighted by atomic mass is 19.1. The second kappa shape index (κ2) is 9.05. The van der Waals surface area contributed by atoms with Crippen LogP contribution in [-0.4, -0.2) is 63.8 Å². The molecule has 1 fully saturated rings. The van der Waals surface area contributed by atoms with E-state index in [9.17, 15) is 9.18 Å². The lowest BCUT2D eigenvalue weighted by atomic mass is 9.93. The van der Waals surface area contributed by atoms with Gasteiger partial charge < -0.3 is 9.64 Å². The molecule has 4 aromatic heterocycles. The third-order valence-corrected chi connectivity index (χ3v) is 5.79. The standard InChI is InChI=1S/C24H27FN8O2/c1-24(2,3)35-23(34)31-8-4-5-16(12-31)9-18-10-21(33-15-26-14-28-33)30-22(29-18)19-11-27-20-7-6-17(25)13-32(19)20/h6-7,10-11,13-16H,4-5,8-9,12H2,1-3H3/t16-/m0/s1. The molecule has 0 spiro atoms. The summed E-state index contributed by atoms with van der Waals surface area (Å²) < 4.78 is 22.7. The van der Waals surface area contributed by atoms with Gasteiger partial charge >= 0.3 is 6.09 Å². The van der Waals surface area contributed by atoms with Crippen LogP contribution < -0.4 is 0 Å². The quantitative estimate of drug-likeness (QED) is 0.441. The maximum atomic E-state index is 14.0. The molecular weight excluding hydrogens is 451 g/mol. The number of carbonyl (C=O) groups is 1. The maximum Gasteiger partial charge on any atom is 0.410 e. The van der Waals surface area contributed by atoms with Crippen LogP contribution in [0.4, 0.5) is 9.18 Å². The number of imidazole rings is 1. The van der Waals surface area contributed by atoms with Gasteiger partial charge in [0, 0.05) is 31.0 Å². The van der Waals surface area contributed by atoms with Crippen LogP contribution in [0.3, 0.4) is 0 Å². The van der Waals surface area contributed by atoms with Crippen molar-refractivity contribution in [1.82, 2.24) is 39.0 Å². The molecule has 1 atom stereocenters. The van der Waals surface area contributed by atoms with Crippen molar-refractivity contribution in [2.45, 2.75) is 45.6 Å². The number of halogens is 1. The first-order chi connectivity index (χ1) is 16.7. The van der Waals surface area contributed by atoms with Crippen LogP contribution in [-0.2, 0) is 11.2 Å². The highest BCUT2D eigenvalue weighted by molar-refractivity contribution is 5.68. The monoisotopic (exact) mass is 478 g/mol. The number of rotatable bonds is 4. The summed E-state index contributed by atoms with van der Waals surface area (Å²) in [5.74, 6) is 0.788. The van der Waals surface area contributed by atoms with Crippen LogP contribution >= 0.6 is 0 Å². The van der Waals surface area contributed by atoms with E-state index in [1.807, 2.05) is 26.8 Å². The summed E-state index contributed by atoms with van der Waals surface area (Å²) in [6.45, 7) is 6.87. The van der Waals surface area contributed by atoms with Gasteiger partial charge in [0.1, 0.15) is 35.4 Å². The highest BCUT2D eigenvalue weighted by Crippen LogP contribution is 2.25. The van der Waals surface area contributed by atoms with E-state index in [1.165, 1.54) is 18.6 Å². The molecule has 1 saturated heterocycles. The van der Waals surface area contributed by atoms with Crippen molar-refractivity contribution < 1.29 is 13.9 Å². The first kappa shape index (κ1) is 22.9. The van der Waals surface area contributed by atoms with Gasteiger partial charge in [-0.05, 0) is 58.1 Å². The number of aromatic nitrogens is 7. The Bertz CT molecular complexity index is 1350. The van der Waals surface area contributed by atoms with E-state index >= 15 is 0 Å². The smallest absolute Gasteiger partial charge is 0.410 e. The molecule has 1 amide bonds. The first-order valence-corrected chi connectivity index (χ1v) is 11.6. The maximum absolute atomic E-state index is 14.0. The van der Waals surface area contributed by atoms with Gasteiger partial charge in [0.05, 0.1) is 6.20 Å². The summed E-state index contributed by atoms with van der Waals surface area (Å²) in [7, 11) is 0. The van der Waals surface area contributed by atoms with E-state index in [0.29, 0.717) is 42.5 Å². The lowest BCUT2D eigenvalue weighted by Crippen LogP contribution is -2.43. The molecule has 4 aromatic rings. The number of carbonyl (C=O) groups excluding carboxylic acids is 1. The van der Waals surface area contributed by atoms with Gasteiger partial charge in [-0.3, -0.25) is 4.40 Å².